The molecule has 2 N–H and O–H groups in total. The number of ether oxygens (including phenoxy) is 1. The third-order valence-corrected chi connectivity index (χ3v) is 5.29. The Hall–Kier alpha value is -1.24. The van der Waals surface area contributed by atoms with Crippen molar-refractivity contribution in [2.75, 3.05) is 12.4 Å². The number of hydrogen-bond donors (Lipinski definition) is 2. The summed E-state index contributed by atoms with van der Waals surface area (Å²) < 4.78 is 4.90. The molecule has 2 fully saturated rings. The van der Waals surface area contributed by atoms with Crippen LogP contribution in [-0.4, -0.2) is 47.5 Å². The summed E-state index contributed by atoms with van der Waals surface area (Å²) in [4.78, 5) is 35.7. The van der Waals surface area contributed by atoms with Gasteiger partial charge in [-0.25, -0.2) is 4.79 Å². The minimum Gasteiger partial charge on any atom is -0.464 e. The summed E-state index contributed by atoms with van der Waals surface area (Å²) in [5, 5.41) is 5.24. The molecule has 1 aliphatic carbocycles. The topological polar surface area (TPSA) is 84.5 Å². The van der Waals surface area contributed by atoms with E-state index in [-0.39, 0.29) is 24.3 Å². The van der Waals surface area contributed by atoms with Crippen molar-refractivity contribution in [1.29, 1.82) is 0 Å². The van der Waals surface area contributed by atoms with Crippen LogP contribution < -0.4 is 10.6 Å². The minimum absolute atomic E-state index is 0.0749. The molecule has 2 amide bonds. The molecule has 1 heterocycles. The van der Waals surface area contributed by atoms with Crippen LogP contribution in [0.4, 0.5) is 0 Å². The highest BCUT2D eigenvalue weighted by Gasteiger charge is 2.34. The molecule has 0 spiro atoms. The molecule has 22 heavy (non-hydrogen) atoms. The highest BCUT2D eigenvalue weighted by Crippen LogP contribution is 2.22. The Morgan fingerprint density at radius 3 is 2.68 bits per heavy atom. The second-order valence-corrected chi connectivity index (χ2v) is 6.98. The van der Waals surface area contributed by atoms with Gasteiger partial charge in [-0.1, -0.05) is 19.3 Å². The van der Waals surface area contributed by atoms with Crippen LogP contribution in [0, 0.1) is 0 Å². The number of amides is 2. The smallest absolute Gasteiger partial charge is 0.329 e. The summed E-state index contributed by atoms with van der Waals surface area (Å²) in [5.74, 6) is -0.290. The third kappa shape index (κ3) is 4.90. The molecule has 124 valence electrons. The van der Waals surface area contributed by atoms with Gasteiger partial charge >= 0.3 is 5.97 Å². The summed E-state index contributed by atoms with van der Waals surface area (Å²) in [6.45, 7) is 2.02. The molecule has 2 atom stereocenters. The van der Waals surface area contributed by atoms with Crippen molar-refractivity contribution in [2.45, 2.75) is 62.8 Å². The highest BCUT2D eigenvalue weighted by molar-refractivity contribution is 8.00. The van der Waals surface area contributed by atoms with E-state index in [1.165, 1.54) is 18.2 Å². The van der Waals surface area contributed by atoms with Crippen molar-refractivity contribution in [3.8, 4) is 0 Å². The van der Waals surface area contributed by atoms with E-state index >= 15 is 0 Å². The van der Waals surface area contributed by atoms with Crippen LogP contribution >= 0.6 is 11.8 Å². The fraction of sp³-hybridized carbons (Fsp3) is 0.800. The number of thioether (sulfide) groups is 1. The Kier molecular flexibility index (Phi) is 6.54. The van der Waals surface area contributed by atoms with Crippen LogP contribution in [-0.2, 0) is 19.1 Å². The van der Waals surface area contributed by atoms with Crippen molar-refractivity contribution in [2.24, 2.45) is 0 Å². The largest absolute Gasteiger partial charge is 0.464 e. The van der Waals surface area contributed by atoms with Gasteiger partial charge < -0.3 is 15.4 Å². The first kappa shape index (κ1) is 17.1. The Bertz CT molecular complexity index is 424. The molecule has 0 bridgehead atoms. The molecule has 0 unspecified atom stereocenters. The van der Waals surface area contributed by atoms with E-state index in [1.807, 2.05) is 0 Å². The molecule has 6 nitrogen and oxygen atoms in total. The maximum atomic E-state index is 12.0. The van der Waals surface area contributed by atoms with E-state index in [9.17, 15) is 14.4 Å². The fourth-order valence-electron chi connectivity index (χ4n) is 2.82. The molecule has 1 saturated heterocycles. The minimum atomic E-state index is -0.602. The Morgan fingerprint density at radius 2 is 2.05 bits per heavy atom. The van der Waals surface area contributed by atoms with Gasteiger partial charge in [-0.15, -0.1) is 11.8 Å². The van der Waals surface area contributed by atoms with E-state index in [0.29, 0.717) is 12.4 Å². The molecule has 7 heteroatoms. The molecule has 1 saturated carbocycles. The highest BCUT2D eigenvalue weighted by atomic mass is 32.2. The summed E-state index contributed by atoms with van der Waals surface area (Å²) in [6, 6.07) is -0.347. The maximum Gasteiger partial charge on any atom is 0.329 e. The van der Waals surface area contributed by atoms with Gasteiger partial charge in [-0.3, -0.25) is 9.59 Å². The Labute approximate surface area is 135 Å². The van der Waals surface area contributed by atoms with Gasteiger partial charge in [0.25, 0.3) is 0 Å². The summed E-state index contributed by atoms with van der Waals surface area (Å²) >= 11 is 1.35. The zero-order valence-corrected chi connectivity index (χ0v) is 13.7. The molecular formula is C15H24N2O4S. The molecular weight excluding hydrogens is 304 g/mol. The first-order valence-electron chi connectivity index (χ1n) is 7.98. The first-order valence-corrected chi connectivity index (χ1v) is 9.03. The molecule has 0 aromatic rings. The van der Waals surface area contributed by atoms with Crippen molar-refractivity contribution in [1.82, 2.24) is 10.6 Å². The van der Waals surface area contributed by atoms with Gasteiger partial charge in [0.2, 0.25) is 11.8 Å². The number of rotatable bonds is 5. The van der Waals surface area contributed by atoms with Gasteiger partial charge in [0.1, 0.15) is 6.04 Å². The van der Waals surface area contributed by atoms with Gasteiger partial charge in [0.05, 0.1) is 11.9 Å². The second kappa shape index (κ2) is 8.41. The lowest BCUT2D eigenvalue weighted by Gasteiger charge is -2.28. The maximum absolute atomic E-state index is 12.0. The number of esters is 1. The van der Waals surface area contributed by atoms with Gasteiger partial charge in [0, 0.05) is 18.2 Å². The van der Waals surface area contributed by atoms with Crippen molar-refractivity contribution < 1.29 is 19.1 Å². The molecule has 0 radical (unpaired) electrons. The normalized spacial score (nSPS) is 26.1. The molecule has 2 aliphatic rings. The quantitative estimate of drug-likeness (QED) is 0.735. The predicted molar refractivity (Wildman–Crippen MR) is 84.4 cm³/mol. The average Bonchev–Trinajstić information content (AvgIpc) is 2.50. The number of nitrogens with one attached hydrogen (secondary N) is 2. The van der Waals surface area contributed by atoms with Crippen LogP contribution in [0.25, 0.3) is 0 Å². The zero-order valence-electron chi connectivity index (χ0n) is 12.9. The fourth-order valence-corrected chi connectivity index (χ4v) is 3.95. The molecule has 0 aromatic heterocycles. The Balaban J connectivity index is 1.75. The van der Waals surface area contributed by atoms with Crippen molar-refractivity contribution >= 4 is 29.5 Å². The predicted octanol–water partition coefficient (Wildman–Crippen LogP) is 0.989. The van der Waals surface area contributed by atoms with E-state index in [1.54, 1.807) is 6.92 Å². The SMILES string of the molecule is CCOC(=O)[C@@H]1CS[C@@H](CC(=O)NC2CCCCC2)C(=O)N1. The van der Waals surface area contributed by atoms with Crippen LogP contribution in [0.5, 0.6) is 0 Å². The van der Waals surface area contributed by atoms with Gasteiger partial charge in [0.15, 0.2) is 0 Å². The lowest BCUT2D eigenvalue weighted by atomic mass is 9.95. The van der Waals surface area contributed by atoms with Crippen LogP contribution in [0.3, 0.4) is 0 Å². The Morgan fingerprint density at radius 1 is 1.32 bits per heavy atom. The van der Waals surface area contributed by atoms with Gasteiger partial charge in [-0.2, -0.15) is 0 Å². The van der Waals surface area contributed by atoms with Crippen LogP contribution in [0.2, 0.25) is 0 Å². The van der Waals surface area contributed by atoms with Gasteiger partial charge in [-0.05, 0) is 19.8 Å². The molecule has 0 aromatic carbocycles. The molecule has 2 rings (SSSR count). The van der Waals surface area contributed by atoms with Crippen LogP contribution in [0.15, 0.2) is 0 Å². The van der Waals surface area contributed by atoms with Crippen molar-refractivity contribution in [3.63, 3.8) is 0 Å². The first-order chi connectivity index (χ1) is 10.6. The van der Waals surface area contributed by atoms with E-state index in [0.717, 1.165) is 25.7 Å². The second-order valence-electron chi connectivity index (χ2n) is 5.74. The van der Waals surface area contributed by atoms with E-state index in [2.05, 4.69) is 10.6 Å². The summed E-state index contributed by atoms with van der Waals surface area (Å²) in [6.07, 6.45) is 5.78. The zero-order chi connectivity index (χ0) is 15.9. The number of carbonyl (C=O) groups excluding carboxylic acids is 3. The monoisotopic (exact) mass is 328 g/mol. The van der Waals surface area contributed by atoms with E-state index in [4.69, 9.17) is 4.74 Å². The molecule has 1 aliphatic heterocycles. The summed E-state index contributed by atoms with van der Waals surface area (Å²) in [7, 11) is 0. The van der Waals surface area contributed by atoms with E-state index < -0.39 is 17.3 Å². The van der Waals surface area contributed by atoms with Crippen LogP contribution in [0.1, 0.15) is 45.4 Å². The lowest BCUT2D eigenvalue weighted by molar-refractivity contribution is -0.146. The standard InChI is InChI=1S/C15H24N2O4S/c1-2-21-15(20)11-9-22-12(14(19)17-11)8-13(18)16-10-6-4-3-5-7-10/h10-12H,2-9H2,1H3,(H,16,18)(H,17,19)/t11-,12-/m0/s1. The van der Waals surface area contributed by atoms with Crippen molar-refractivity contribution in [3.05, 3.63) is 0 Å². The summed E-state index contributed by atoms with van der Waals surface area (Å²) in [5.41, 5.74) is 0. The number of carbonyl (C=O) groups is 3. The average molecular weight is 328 g/mol. The number of hydrogen-bond acceptors (Lipinski definition) is 5. The third-order valence-electron chi connectivity index (χ3n) is 3.99. The lowest BCUT2D eigenvalue weighted by Crippen LogP contribution is -2.52.